The van der Waals surface area contributed by atoms with Gasteiger partial charge in [-0.3, -0.25) is 4.98 Å². The molecule has 0 unspecified atom stereocenters. The van der Waals surface area contributed by atoms with Crippen LogP contribution in [0.25, 0.3) is 68.3 Å². The molecule has 0 spiro atoms. The van der Waals surface area contributed by atoms with Gasteiger partial charge in [0.05, 0.1) is 150 Å². The molecule has 0 aliphatic heterocycles. The molecule has 0 saturated carbocycles. The van der Waals surface area contributed by atoms with Gasteiger partial charge in [0.1, 0.15) is 40.0 Å². The summed E-state index contributed by atoms with van der Waals surface area (Å²) in [6.07, 6.45) is 21.5. The molecule has 32 heteroatoms. The molecule has 16 aromatic rings. The van der Waals surface area contributed by atoms with Crippen LogP contribution in [-0.2, 0) is 51.6 Å². The molecule has 28 nitrogen and oxygen atoms in total. The van der Waals surface area contributed by atoms with Crippen molar-refractivity contribution in [3.05, 3.63) is 314 Å². The maximum atomic E-state index is 14.5. The van der Waals surface area contributed by atoms with E-state index in [-0.39, 0.29) is 24.8 Å². The van der Waals surface area contributed by atoms with Crippen molar-refractivity contribution in [1.82, 2.24) is 108 Å². The fourth-order valence-electron chi connectivity index (χ4n) is 15.8. The Morgan fingerprint density at radius 1 is 0.458 bits per heavy atom. The molecule has 0 saturated heterocycles. The number of halogens is 4. The van der Waals surface area contributed by atoms with Gasteiger partial charge in [-0.25, -0.2) is 44.3 Å². The summed E-state index contributed by atoms with van der Waals surface area (Å²) in [5, 5.41) is 61.3. The Balaban J connectivity index is 0.000000141. The molecule has 0 radical (unpaired) electrons. The number of fused-ring (bicyclic) bond motifs is 1. The first-order valence-electron chi connectivity index (χ1n) is 43.4. The Kier molecular flexibility index (Phi) is 29.2. The summed E-state index contributed by atoms with van der Waals surface area (Å²) in [4.78, 5) is 40.1. The number of hydrogen-bond acceptors (Lipinski definition) is 23. The molecular formula is C99H106F4N24O4. The van der Waals surface area contributed by atoms with Crippen molar-refractivity contribution in [2.45, 2.75) is 186 Å². The van der Waals surface area contributed by atoms with Crippen molar-refractivity contribution in [1.29, 1.82) is 0 Å². The number of aromatic nitrogens is 22. The molecular weight excluding hydrogens is 1670 g/mol. The molecule has 3 atom stereocenters. The van der Waals surface area contributed by atoms with Crippen LogP contribution in [0.15, 0.2) is 190 Å². The number of rotatable bonds is 25. The Morgan fingerprint density at radius 3 is 1.38 bits per heavy atom. The number of aliphatic hydroxyl groups excluding tert-OH is 2. The number of imidazole rings is 4. The second-order valence-electron chi connectivity index (χ2n) is 32.6. The lowest BCUT2D eigenvalue weighted by Crippen LogP contribution is -2.15. The molecule has 14 aromatic heterocycles. The van der Waals surface area contributed by atoms with Crippen LogP contribution in [0.2, 0.25) is 0 Å². The van der Waals surface area contributed by atoms with Gasteiger partial charge in [-0.15, -0.1) is 30.6 Å². The van der Waals surface area contributed by atoms with Crippen molar-refractivity contribution >= 4 is 11.6 Å². The van der Waals surface area contributed by atoms with Crippen LogP contribution in [0.5, 0.6) is 11.8 Å². The normalized spacial score (nSPS) is 12.5. The minimum absolute atomic E-state index is 0.103. The molecule has 4 N–H and O–H groups in total. The van der Waals surface area contributed by atoms with Crippen LogP contribution in [0.3, 0.4) is 0 Å². The molecule has 17 rings (SSSR count). The molecule has 0 fully saturated rings. The van der Waals surface area contributed by atoms with E-state index in [1.54, 1.807) is 76.1 Å². The third-order valence-corrected chi connectivity index (χ3v) is 23.2. The lowest BCUT2D eigenvalue weighted by Gasteiger charge is -2.19. The Bertz CT molecular complexity index is 6680. The molecule has 0 amide bonds. The number of benzene rings is 2. The van der Waals surface area contributed by atoms with Crippen LogP contribution >= 0.6 is 0 Å². The molecule has 2 aromatic carbocycles. The number of nitrogens with one attached hydrogen (secondary N) is 2. The van der Waals surface area contributed by atoms with Gasteiger partial charge in [-0.1, -0.05) is 43.3 Å². The zero-order valence-corrected chi connectivity index (χ0v) is 76.3. The van der Waals surface area contributed by atoms with Gasteiger partial charge in [-0.2, -0.15) is 23.4 Å². The van der Waals surface area contributed by atoms with E-state index in [1.165, 1.54) is 76.9 Å². The maximum Gasteiger partial charge on any atom is 0.419 e. The Morgan fingerprint density at radius 2 is 0.924 bits per heavy atom. The monoisotopic (exact) mass is 1770 g/mol. The van der Waals surface area contributed by atoms with Gasteiger partial charge in [0.25, 0.3) is 0 Å². The number of nitrogens with zero attached hydrogens (tertiary/aromatic N) is 22. The van der Waals surface area contributed by atoms with E-state index in [0.29, 0.717) is 75.0 Å². The summed E-state index contributed by atoms with van der Waals surface area (Å²) in [6.45, 7) is 28.4. The zero-order chi connectivity index (χ0) is 92.9. The van der Waals surface area contributed by atoms with E-state index >= 15 is 0 Å². The largest absolute Gasteiger partial charge is 0.479 e. The summed E-state index contributed by atoms with van der Waals surface area (Å²) < 4.78 is 74.5. The van der Waals surface area contributed by atoms with Gasteiger partial charge in [0.15, 0.2) is 11.6 Å². The summed E-state index contributed by atoms with van der Waals surface area (Å²) in [7, 11) is 3.24. The highest BCUT2D eigenvalue weighted by atomic mass is 19.4. The second-order valence-corrected chi connectivity index (χ2v) is 32.6. The average Bonchev–Trinajstić information content (AvgIpc) is 1.05. The summed E-state index contributed by atoms with van der Waals surface area (Å²) >= 11 is 0. The number of aryl methyl sites for hydroxylation is 11. The lowest BCUT2D eigenvalue weighted by atomic mass is 9.93. The standard InChI is InChI=1S/3C25H28N6O.C24H22F4N6O/c1-4-30-15-18-7-5-6-8-20(18)24(30)13-19-9-10-22(29-28-19)21-11-12-23(25(27-21)32-3)31-14-17(2)26-16-31;1-15-7-6-8-20(18(15)4)19(5)27-25-16(2)11-22(29-30-25)21-9-10-24(23(13-32)28-21)31-12-17(3)26-14-31;1-6-19(20-8-7-16(2)13-26-20)12-22-17(3)11-23(30-29-22)21-9-10-24(25(28-21)32-5)31-14-18(4)27-15-31;1-13-9-19(18-7-8-21(20(11-35)31-18)34-10-14(2)29-12-34)32-33-23(13)30-15(3)16-5-4-6-17(22(16)25)24(26,27)28/h9-12,14-16H,4-8,13H2,1-3H3;6-12,14,19,32H,13H2,1-5H3,(H,27,30);7-11,13-15,19H,6,12H2,1-5H3;4-10,12,15,35H,11H2,1-3H3,(H,30,33)/t;2*19-;15-/m.010/s1. The van der Waals surface area contributed by atoms with Crippen molar-refractivity contribution < 1.29 is 37.2 Å². The predicted molar refractivity (Wildman–Crippen MR) is 494 cm³/mol. The number of anilines is 2. The first-order chi connectivity index (χ1) is 63.1. The molecule has 131 heavy (non-hydrogen) atoms. The van der Waals surface area contributed by atoms with Gasteiger partial charge in [-0.05, 0) is 263 Å². The minimum atomic E-state index is -4.79. The van der Waals surface area contributed by atoms with Crippen molar-refractivity contribution in [3.63, 3.8) is 0 Å². The fraction of sp³-hybridized carbons (Fsp3) is 0.303. The predicted octanol–water partition coefficient (Wildman–Crippen LogP) is 18.9. The maximum absolute atomic E-state index is 14.5. The summed E-state index contributed by atoms with van der Waals surface area (Å²) in [6, 6.07) is 37.9. The SMILES string of the molecule is CC[C@H](Cc1nnc(-c2ccc(-n3cnc(C)c3)c(OC)n2)cc1C)c1ccc(C)cn1.CCn1cc2c(c1Cc1ccc(-c3ccc(-n4cnc(C)c4)c(OC)n3)nn1)CCCC2.Cc1cn(-c2ccc(-c3cc(C)c(N[C@@H](C)c4cccc(C(F)(F)F)c4F)nn3)nc2CO)cn1.Cc1cn(-c2ccc(-c3cc(C)c(N[C@@H](C)c4cccc(C)c4C)nn3)nc2CO)cn1. The fourth-order valence-corrected chi connectivity index (χ4v) is 15.8. The van der Waals surface area contributed by atoms with Crippen molar-refractivity contribution in [3.8, 4) is 80.1 Å². The topological polar surface area (TPSA) is 327 Å². The zero-order valence-electron chi connectivity index (χ0n) is 76.3. The summed E-state index contributed by atoms with van der Waals surface area (Å²) in [5.41, 5.74) is 26.6. The quantitative estimate of drug-likeness (QED) is 0.0386. The van der Waals surface area contributed by atoms with E-state index in [2.05, 4.69) is 192 Å². The molecule has 0 bridgehead atoms. The highest BCUT2D eigenvalue weighted by Gasteiger charge is 2.36. The number of alkyl halides is 3. The lowest BCUT2D eigenvalue weighted by molar-refractivity contribution is -0.140. The highest BCUT2D eigenvalue weighted by Crippen LogP contribution is 2.38. The van der Waals surface area contributed by atoms with E-state index in [9.17, 15) is 27.8 Å². The molecule has 674 valence electrons. The van der Waals surface area contributed by atoms with Crippen LogP contribution in [-0.4, -0.2) is 133 Å². The molecule has 14 heterocycles. The van der Waals surface area contributed by atoms with E-state index in [1.807, 2.05) is 134 Å². The third-order valence-electron chi connectivity index (χ3n) is 23.2. The number of methoxy groups -OCH3 is 2. The Hall–Kier alpha value is -14.5. The van der Waals surface area contributed by atoms with Crippen molar-refractivity contribution in [2.24, 2.45) is 0 Å². The van der Waals surface area contributed by atoms with Gasteiger partial charge < -0.3 is 53.2 Å². The minimum Gasteiger partial charge on any atom is -0.479 e. The number of ether oxygens (including phenoxy) is 2. The second kappa shape index (κ2) is 41.3. The van der Waals surface area contributed by atoms with Crippen LogP contribution < -0.4 is 20.1 Å². The Labute approximate surface area is 758 Å². The van der Waals surface area contributed by atoms with Gasteiger partial charge in [0, 0.05) is 79.4 Å². The molecule has 1 aliphatic rings. The van der Waals surface area contributed by atoms with Crippen LogP contribution in [0.1, 0.15) is 183 Å². The summed E-state index contributed by atoms with van der Waals surface area (Å²) in [5.74, 6) is 1.07. The number of pyridine rings is 5. The van der Waals surface area contributed by atoms with Crippen molar-refractivity contribution in [2.75, 3.05) is 24.9 Å². The van der Waals surface area contributed by atoms with E-state index in [0.717, 1.165) is 122 Å². The number of aliphatic hydroxyl groups is 2. The first-order valence-corrected chi connectivity index (χ1v) is 43.4. The third kappa shape index (κ3) is 21.7. The van der Waals surface area contributed by atoms with Crippen LogP contribution in [0.4, 0.5) is 29.2 Å². The average molecular weight is 1770 g/mol. The van der Waals surface area contributed by atoms with Crippen LogP contribution in [0, 0.1) is 75.1 Å². The highest BCUT2D eigenvalue weighted by molar-refractivity contribution is 5.64. The van der Waals surface area contributed by atoms with Gasteiger partial charge >= 0.3 is 6.18 Å². The number of hydrogen-bond donors (Lipinski definition) is 4. The van der Waals surface area contributed by atoms with Gasteiger partial charge in [0.2, 0.25) is 11.8 Å². The first kappa shape index (κ1) is 92.6. The van der Waals surface area contributed by atoms with E-state index < -0.39 is 23.6 Å². The van der Waals surface area contributed by atoms with E-state index in [4.69, 9.17) is 9.47 Å². The smallest absolute Gasteiger partial charge is 0.419 e. The molecule has 1 aliphatic carbocycles.